The van der Waals surface area contributed by atoms with Gasteiger partial charge < -0.3 is 4.74 Å². The summed E-state index contributed by atoms with van der Waals surface area (Å²) in [7, 11) is 0. The maximum Gasteiger partial charge on any atom is 0.164 e. The molecule has 1 aliphatic heterocycles. The van der Waals surface area contributed by atoms with E-state index in [2.05, 4.69) is 176 Å². The summed E-state index contributed by atoms with van der Waals surface area (Å²) in [5.41, 5.74) is 9.51. The third-order valence-electron chi connectivity index (χ3n) is 10.7. The summed E-state index contributed by atoms with van der Waals surface area (Å²) < 4.78 is 6.71. The molecule has 256 valence electrons. The summed E-state index contributed by atoms with van der Waals surface area (Å²) in [6.07, 6.45) is 0. The normalized spacial score (nSPS) is 11.8. The van der Waals surface area contributed by atoms with Crippen LogP contribution in [0.15, 0.2) is 188 Å². The fraction of sp³-hybridized carbons (Fsp3) is 0. The van der Waals surface area contributed by atoms with Crippen molar-refractivity contribution in [3.05, 3.63) is 188 Å². The van der Waals surface area contributed by atoms with Gasteiger partial charge in [-0.1, -0.05) is 164 Å². The quantitative estimate of drug-likeness (QED) is 0.179. The highest BCUT2D eigenvalue weighted by Crippen LogP contribution is 2.51. The Balaban J connectivity index is 1.12. The largest absolute Gasteiger partial charge is 0.456 e. The zero-order chi connectivity index (χ0) is 36.3. The molecular formula is C51H31N3O. The van der Waals surface area contributed by atoms with Crippen molar-refractivity contribution in [2.24, 2.45) is 0 Å². The van der Waals surface area contributed by atoms with Crippen molar-refractivity contribution in [2.45, 2.75) is 0 Å². The zero-order valence-electron chi connectivity index (χ0n) is 29.6. The predicted molar refractivity (Wildman–Crippen MR) is 225 cm³/mol. The Morgan fingerprint density at radius 1 is 0.309 bits per heavy atom. The Morgan fingerprint density at radius 3 is 1.67 bits per heavy atom. The van der Waals surface area contributed by atoms with Crippen molar-refractivity contribution in [3.63, 3.8) is 0 Å². The highest BCUT2D eigenvalue weighted by molar-refractivity contribution is 6.11. The molecular weight excluding hydrogens is 671 g/mol. The minimum atomic E-state index is 0.589. The highest BCUT2D eigenvalue weighted by atomic mass is 16.5. The molecule has 4 nitrogen and oxygen atoms in total. The second kappa shape index (κ2) is 12.6. The molecule has 55 heavy (non-hydrogen) atoms. The molecule has 0 unspecified atom stereocenters. The summed E-state index contributed by atoms with van der Waals surface area (Å²) in [6.45, 7) is 0. The molecule has 11 rings (SSSR count). The van der Waals surface area contributed by atoms with Crippen LogP contribution in [0.5, 0.6) is 11.5 Å². The minimum Gasteiger partial charge on any atom is -0.456 e. The van der Waals surface area contributed by atoms with E-state index in [1.54, 1.807) is 0 Å². The fourth-order valence-corrected chi connectivity index (χ4v) is 8.11. The first-order valence-corrected chi connectivity index (χ1v) is 18.5. The van der Waals surface area contributed by atoms with Gasteiger partial charge in [-0.05, 0) is 79.0 Å². The maximum absolute atomic E-state index is 6.71. The van der Waals surface area contributed by atoms with Gasteiger partial charge >= 0.3 is 0 Å². The van der Waals surface area contributed by atoms with E-state index in [4.69, 9.17) is 19.7 Å². The topological polar surface area (TPSA) is 47.9 Å². The third-order valence-corrected chi connectivity index (χ3v) is 10.7. The van der Waals surface area contributed by atoms with Gasteiger partial charge in [0.15, 0.2) is 17.5 Å². The Bertz CT molecular complexity index is 3120. The Hall–Kier alpha value is -7.43. The average molecular weight is 702 g/mol. The van der Waals surface area contributed by atoms with Gasteiger partial charge in [0.05, 0.1) is 0 Å². The van der Waals surface area contributed by atoms with Crippen LogP contribution >= 0.6 is 0 Å². The van der Waals surface area contributed by atoms with E-state index in [0.29, 0.717) is 17.5 Å². The first-order chi connectivity index (χ1) is 27.2. The van der Waals surface area contributed by atoms with Crippen LogP contribution in [0.4, 0.5) is 0 Å². The molecule has 0 bridgehead atoms. The van der Waals surface area contributed by atoms with E-state index in [9.17, 15) is 0 Å². The number of benzene rings is 9. The van der Waals surface area contributed by atoms with Gasteiger partial charge in [0, 0.05) is 27.6 Å². The molecule has 4 heteroatoms. The monoisotopic (exact) mass is 701 g/mol. The van der Waals surface area contributed by atoms with E-state index in [-0.39, 0.29) is 0 Å². The predicted octanol–water partition coefficient (Wildman–Crippen LogP) is 13.4. The van der Waals surface area contributed by atoms with Gasteiger partial charge in [0.1, 0.15) is 11.5 Å². The van der Waals surface area contributed by atoms with Gasteiger partial charge in [0.2, 0.25) is 0 Å². The molecule has 1 aliphatic rings. The summed E-state index contributed by atoms with van der Waals surface area (Å²) in [5, 5.41) is 6.82. The molecule has 0 spiro atoms. The van der Waals surface area contributed by atoms with Crippen molar-refractivity contribution >= 4 is 32.3 Å². The van der Waals surface area contributed by atoms with Crippen LogP contribution in [0.2, 0.25) is 0 Å². The van der Waals surface area contributed by atoms with Crippen LogP contribution in [0.1, 0.15) is 0 Å². The molecule has 0 aliphatic carbocycles. The number of hydrogen-bond donors (Lipinski definition) is 0. The number of fused-ring (bicyclic) bond motifs is 4. The van der Waals surface area contributed by atoms with E-state index in [0.717, 1.165) is 60.9 Å². The van der Waals surface area contributed by atoms with Crippen molar-refractivity contribution in [1.82, 2.24) is 15.0 Å². The second-order valence-corrected chi connectivity index (χ2v) is 14.0. The van der Waals surface area contributed by atoms with Crippen LogP contribution in [0.25, 0.3) is 99.9 Å². The van der Waals surface area contributed by atoms with Crippen molar-refractivity contribution < 1.29 is 4.74 Å². The lowest BCUT2D eigenvalue weighted by atomic mass is 9.88. The SMILES string of the molecule is c1ccc(-c2cccc3cc(-c4nc(-c5ccc6ccccc6c5)nc(-c5cccc6c5-c5cccc7c(-c8ccccc8)ccc(c57)O6)n4)ccc23)cc1. The highest BCUT2D eigenvalue weighted by Gasteiger charge is 2.26. The van der Waals surface area contributed by atoms with E-state index in [1.165, 1.54) is 33.0 Å². The van der Waals surface area contributed by atoms with E-state index < -0.39 is 0 Å². The molecule has 1 aromatic heterocycles. The zero-order valence-corrected chi connectivity index (χ0v) is 29.6. The molecule has 0 N–H and O–H groups in total. The maximum atomic E-state index is 6.71. The average Bonchev–Trinajstić information content (AvgIpc) is 3.26. The summed E-state index contributed by atoms with van der Waals surface area (Å²) in [5.74, 6) is 3.43. The molecule has 0 amide bonds. The van der Waals surface area contributed by atoms with Crippen LogP contribution in [0, 0.1) is 0 Å². The molecule has 0 atom stereocenters. The van der Waals surface area contributed by atoms with Crippen LogP contribution in [-0.4, -0.2) is 15.0 Å². The van der Waals surface area contributed by atoms with E-state index in [1.807, 2.05) is 12.1 Å². The van der Waals surface area contributed by atoms with Crippen LogP contribution < -0.4 is 4.74 Å². The number of hydrogen-bond acceptors (Lipinski definition) is 4. The first-order valence-electron chi connectivity index (χ1n) is 18.5. The van der Waals surface area contributed by atoms with Gasteiger partial charge in [-0.3, -0.25) is 0 Å². The molecule has 9 aromatic carbocycles. The van der Waals surface area contributed by atoms with Gasteiger partial charge in [-0.25, -0.2) is 15.0 Å². The molecule has 0 saturated carbocycles. The second-order valence-electron chi connectivity index (χ2n) is 14.0. The van der Waals surface area contributed by atoms with Crippen LogP contribution in [-0.2, 0) is 0 Å². The standard InChI is InChI=1S/C51H31N3O/c1-3-13-33(14-4-1)39-19-9-18-36-31-38(26-27-41(36)39)50-52-49(37-25-24-32-12-7-8-17-35(32)30-37)53-51(54-50)44-22-11-23-45-48(44)43-21-10-20-42-40(34-15-5-2-6-16-34)28-29-46(55-45)47(42)43/h1-31H. The molecule has 0 radical (unpaired) electrons. The van der Waals surface area contributed by atoms with Gasteiger partial charge in [-0.15, -0.1) is 0 Å². The van der Waals surface area contributed by atoms with Crippen molar-refractivity contribution in [3.8, 4) is 79.0 Å². The molecule has 2 heterocycles. The number of ether oxygens (including phenoxy) is 1. The summed E-state index contributed by atoms with van der Waals surface area (Å²) >= 11 is 0. The molecule has 10 aromatic rings. The lowest BCUT2D eigenvalue weighted by molar-refractivity contribution is 0.487. The van der Waals surface area contributed by atoms with Gasteiger partial charge in [0.25, 0.3) is 0 Å². The number of nitrogens with zero attached hydrogens (tertiary/aromatic N) is 3. The molecule has 0 saturated heterocycles. The van der Waals surface area contributed by atoms with Crippen molar-refractivity contribution in [1.29, 1.82) is 0 Å². The summed E-state index contributed by atoms with van der Waals surface area (Å²) in [6, 6.07) is 65.7. The number of rotatable bonds is 5. The third kappa shape index (κ3) is 5.26. The molecule has 0 fully saturated rings. The minimum absolute atomic E-state index is 0.589. The van der Waals surface area contributed by atoms with Crippen LogP contribution in [0.3, 0.4) is 0 Å². The Kier molecular flexibility index (Phi) is 7.14. The lowest BCUT2D eigenvalue weighted by Gasteiger charge is -2.24. The first kappa shape index (κ1) is 31.1. The van der Waals surface area contributed by atoms with Crippen molar-refractivity contribution in [2.75, 3.05) is 0 Å². The smallest absolute Gasteiger partial charge is 0.164 e. The lowest BCUT2D eigenvalue weighted by Crippen LogP contribution is -2.04. The fourth-order valence-electron chi connectivity index (χ4n) is 8.11. The van der Waals surface area contributed by atoms with E-state index >= 15 is 0 Å². The summed E-state index contributed by atoms with van der Waals surface area (Å²) in [4.78, 5) is 15.7. The Labute approximate surface area is 318 Å². The number of aromatic nitrogens is 3. The van der Waals surface area contributed by atoms with Gasteiger partial charge in [-0.2, -0.15) is 0 Å². The Morgan fingerprint density at radius 2 is 0.891 bits per heavy atom.